The molecule has 0 unspecified atom stereocenters. The molecule has 4 rings (SSSR count). The Hall–Kier alpha value is -2.55. The number of aromatic nitrogens is 2. The van der Waals surface area contributed by atoms with E-state index in [0.29, 0.717) is 5.82 Å². The Morgan fingerprint density at radius 2 is 2.11 bits per heavy atom. The maximum absolute atomic E-state index is 12.7. The molecule has 1 aliphatic heterocycles. The van der Waals surface area contributed by atoms with Crippen molar-refractivity contribution in [2.75, 3.05) is 31.5 Å². The van der Waals surface area contributed by atoms with Crippen molar-refractivity contribution in [3.8, 4) is 11.1 Å². The monoisotopic (exact) mass is 397 g/mol. The number of piperazine rings is 1. The zero-order chi connectivity index (χ0) is 19.7. The van der Waals surface area contributed by atoms with E-state index in [9.17, 15) is 9.59 Å². The van der Waals surface area contributed by atoms with Crippen LogP contribution in [0.4, 0.5) is 5.82 Å². The van der Waals surface area contributed by atoms with Gasteiger partial charge in [-0.25, -0.2) is 4.98 Å². The summed E-state index contributed by atoms with van der Waals surface area (Å²) in [6, 6.07) is 5.78. The van der Waals surface area contributed by atoms with Crippen LogP contribution >= 0.6 is 11.3 Å². The molecule has 28 heavy (non-hydrogen) atoms. The van der Waals surface area contributed by atoms with E-state index in [1.807, 2.05) is 24.4 Å². The van der Waals surface area contributed by atoms with Gasteiger partial charge in [0.2, 0.25) is 5.91 Å². The van der Waals surface area contributed by atoms with Crippen LogP contribution in [-0.4, -0.2) is 46.5 Å². The van der Waals surface area contributed by atoms with Gasteiger partial charge in [0.05, 0.1) is 5.39 Å². The minimum absolute atomic E-state index is 0.0118. The van der Waals surface area contributed by atoms with Gasteiger partial charge in [0.15, 0.2) is 0 Å². The zero-order valence-electron chi connectivity index (χ0n) is 16.0. The Bertz CT molecular complexity index is 1080. The lowest BCUT2D eigenvalue weighted by molar-refractivity contribution is -0.114. The van der Waals surface area contributed by atoms with Gasteiger partial charge in [0.25, 0.3) is 5.56 Å². The molecule has 1 aliphatic rings. The second kappa shape index (κ2) is 7.83. The molecule has 1 saturated heterocycles. The van der Waals surface area contributed by atoms with E-state index in [-0.39, 0.29) is 11.5 Å². The number of nitrogens with zero attached hydrogens (tertiary/aromatic N) is 3. The summed E-state index contributed by atoms with van der Waals surface area (Å²) in [4.78, 5) is 31.9. The molecular formula is C20H23N5O2S. The Balaban J connectivity index is 1.77. The van der Waals surface area contributed by atoms with Gasteiger partial charge < -0.3 is 15.2 Å². The van der Waals surface area contributed by atoms with Gasteiger partial charge in [-0.15, -0.1) is 11.3 Å². The topological polar surface area (TPSA) is 79.3 Å². The van der Waals surface area contributed by atoms with Gasteiger partial charge in [-0.1, -0.05) is 0 Å². The minimum Gasteiger partial charge on any atom is -0.317 e. The fourth-order valence-electron chi connectivity index (χ4n) is 3.52. The third kappa shape index (κ3) is 3.84. The molecule has 146 valence electrons. The molecule has 0 bridgehead atoms. The van der Waals surface area contributed by atoms with Crippen LogP contribution in [-0.2, 0) is 18.4 Å². The highest BCUT2D eigenvalue weighted by molar-refractivity contribution is 7.19. The molecule has 4 heterocycles. The highest BCUT2D eigenvalue weighted by atomic mass is 32.1. The molecule has 0 spiro atoms. The lowest BCUT2D eigenvalue weighted by Crippen LogP contribution is -2.42. The van der Waals surface area contributed by atoms with Crippen molar-refractivity contribution in [1.82, 2.24) is 19.8 Å². The second-order valence-corrected chi connectivity index (χ2v) is 8.19. The highest BCUT2D eigenvalue weighted by Crippen LogP contribution is 2.34. The number of hydrogen-bond donors (Lipinski definition) is 2. The quantitative estimate of drug-likeness (QED) is 0.704. The Morgan fingerprint density at radius 1 is 1.32 bits per heavy atom. The molecule has 1 amide bonds. The molecule has 0 aromatic carbocycles. The third-order valence-corrected chi connectivity index (χ3v) is 6.02. The molecule has 7 nitrogen and oxygen atoms in total. The number of nitrogens with one attached hydrogen (secondary N) is 2. The summed E-state index contributed by atoms with van der Waals surface area (Å²) in [5.74, 6) is 0.342. The van der Waals surface area contributed by atoms with E-state index < -0.39 is 0 Å². The normalized spacial score (nSPS) is 15.1. The predicted octanol–water partition coefficient (Wildman–Crippen LogP) is 2.03. The molecule has 2 N–H and O–H groups in total. The number of carbonyl (C=O) groups excluding carboxylic acids is 1. The molecule has 0 atom stereocenters. The minimum atomic E-state index is -0.162. The van der Waals surface area contributed by atoms with Gasteiger partial charge in [0.1, 0.15) is 5.82 Å². The third-order valence-electron chi connectivity index (χ3n) is 4.87. The molecule has 8 heteroatoms. The van der Waals surface area contributed by atoms with E-state index in [0.717, 1.165) is 53.9 Å². The average Bonchev–Trinajstić information content (AvgIpc) is 3.09. The summed E-state index contributed by atoms with van der Waals surface area (Å²) < 4.78 is 2.60. The van der Waals surface area contributed by atoms with Crippen LogP contribution in [0.3, 0.4) is 0 Å². The lowest BCUT2D eigenvalue weighted by atomic mass is 10.1. The van der Waals surface area contributed by atoms with Gasteiger partial charge in [-0.3, -0.25) is 14.5 Å². The largest absolute Gasteiger partial charge is 0.317 e. The maximum Gasteiger partial charge on any atom is 0.259 e. The number of carbonyl (C=O) groups is 1. The first kappa shape index (κ1) is 18.8. The van der Waals surface area contributed by atoms with Gasteiger partial charge in [0, 0.05) is 74.2 Å². The lowest BCUT2D eigenvalue weighted by Gasteiger charge is -2.26. The first-order valence-corrected chi connectivity index (χ1v) is 10.1. The first-order chi connectivity index (χ1) is 13.5. The predicted molar refractivity (Wildman–Crippen MR) is 113 cm³/mol. The average molecular weight is 398 g/mol. The Labute approximate surface area is 167 Å². The van der Waals surface area contributed by atoms with Crippen LogP contribution in [0, 0.1) is 0 Å². The van der Waals surface area contributed by atoms with Crippen LogP contribution in [0.1, 0.15) is 11.8 Å². The van der Waals surface area contributed by atoms with Crippen molar-refractivity contribution >= 4 is 33.1 Å². The van der Waals surface area contributed by atoms with Crippen molar-refractivity contribution in [1.29, 1.82) is 0 Å². The second-order valence-electron chi connectivity index (χ2n) is 7.05. The van der Waals surface area contributed by atoms with Crippen LogP contribution in [0.25, 0.3) is 21.2 Å². The number of aryl methyl sites for hydroxylation is 1. The summed E-state index contributed by atoms with van der Waals surface area (Å²) in [7, 11) is 1.77. The highest BCUT2D eigenvalue weighted by Gasteiger charge is 2.16. The van der Waals surface area contributed by atoms with Crippen molar-refractivity contribution in [2.24, 2.45) is 7.05 Å². The number of anilines is 1. The summed E-state index contributed by atoms with van der Waals surface area (Å²) in [5, 5.41) is 6.83. The number of pyridine rings is 2. The van der Waals surface area contributed by atoms with Gasteiger partial charge >= 0.3 is 0 Å². The summed E-state index contributed by atoms with van der Waals surface area (Å²) in [6.45, 7) is 6.35. The van der Waals surface area contributed by atoms with Crippen LogP contribution in [0.15, 0.2) is 35.4 Å². The van der Waals surface area contributed by atoms with E-state index in [1.54, 1.807) is 29.1 Å². The number of thiophene rings is 1. The molecule has 0 aliphatic carbocycles. The van der Waals surface area contributed by atoms with E-state index in [2.05, 4.69) is 20.5 Å². The number of hydrogen-bond acceptors (Lipinski definition) is 6. The number of amides is 1. The summed E-state index contributed by atoms with van der Waals surface area (Å²) >= 11 is 1.67. The van der Waals surface area contributed by atoms with Gasteiger partial charge in [-0.2, -0.15) is 0 Å². The molecule has 0 radical (unpaired) electrons. The molecule has 3 aromatic heterocycles. The van der Waals surface area contributed by atoms with Crippen molar-refractivity contribution in [3.63, 3.8) is 0 Å². The Kier molecular flexibility index (Phi) is 5.25. The zero-order valence-corrected chi connectivity index (χ0v) is 16.8. The smallest absolute Gasteiger partial charge is 0.259 e. The molecule has 1 fully saturated rings. The van der Waals surface area contributed by atoms with Crippen LogP contribution in [0.5, 0.6) is 0 Å². The Morgan fingerprint density at radius 3 is 2.86 bits per heavy atom. The van der Waals surface area contributed by atoms with Crippen LogP contribution in [0.2, 0.25) is 0 Å². The molecule has 3 aromatic rings. The van der Waals surface area contributed by atoms with Gasteiger partial charge in [-0.05, 0) is 23.8 Å². The van der Waals surface area contributed by atoms with E-state index in [4.69, 9.17) is 0 Å². The number of rotatable bonds is 4. The first-order valence-electron chi connectivity index (χ1n) is 9.30. The number of fused-ring (bicyclic) bond motifs is 1. The summed E-state index contributed by atoms with van der Waals surface area (Å²) in [5.41, 5.74) is 1.91. The molecule has 0 saturated carbocycles. The van der Waals surface area contributed by atoms with E-state index in [1.165, 1.54) is 11.8 Å². The fraction of sp³-hybridized carbons (Fsp3) is 0.350. The standard InChI is InChI=1S/C20H23N5O2S/c1-13(26)23-18-9-14(3-4-22-18)17-12-24(2)20(27)16-10-15(28-19(16)17)11-25-7-5-21-6-8-25/h3-4,9-10,12,21H,5-8,11H2,1-2H3,(H,22,23,26). The maximum atomic E-state index is 12.7. The van der Waals surface area contributed by atoms with Crippen molar-refractivity contribution < 1.29 is 4.79 Å². The van der Waals surface area contributed by atoms with Crippen molar-refractivity contribution in [3.05, 3.63) is 45.8 Å². The van der Waals surface area contributed by atoms with Crippen molar-refractivity contribution in [2.45, 2.75) is 13.5 Å². The van der Waals surface area contributed by atoms with E-state index >= 15 is 0 Å². The summed E-state index contributed by atoms with van der Waals surface area (Å²) in [6.07, 6.45) is 3.54. The SMILES string of the molecule is CC(=O)Nc1cc(-c2cn(C)c(=O)c3cc(CN4CCNCC4)sc23)ccn1. The fourth-order valence-corrected chi connectivity index (χ4v) is 4.74. The molecular weight excluding hydrogens is 374 g/mol. The van der Waals surface area contributed by atoms with Crippen LogP contribution < -0.4 is 16.2 Å².